The number of benzene rings is 3. The Bertz CT molecular complexity index is 1070. The van der Waals surface area contributed by atoms with Gasteiger partial charge in [-0.25, -0.2) is 0 Å². The largest absolute Gasteiger partial charge is 0.378 e. The van der Waals surface area contributed by atoms with E-state index >= 15 is 0 Å². The van der Waals surface area contributed by atoms with E-state index in [2.05, 4.69) is 16.2 Å². The Labute approximate surface area is 187 Å². The van der Waals surface area contributed by atoms with Crippen LogP contribution in [0.25, 0.3) is 0 Å². The number of amides is 3. The summed E-state index contributed by atoms with van der Waals surface area (Å²) in [6.45, 7) is 0. The zero-order valence-corrected chi connectivity index (χ0v) is 18.0. The van der Waals surface area contributed by atoms with Gasteiger partial charge in [-0.15, -0.1) is 0 Å². The highest BCUT2D eigenvalue weighted by Crippen LogP contribution is 2.17. The van der Waals surface area contributed by atoms with Gasteiger partial charge in [0.25, 0.3) is 11.8 Å². The van der Waals surface area contributed by atoms with Crippen LogP contribution in [-0.2, 0) is 4.79 Å². The zero-order chi connectivity index (χ0) is 22.9. The number of hydrogen-bond acceptors (Lipinski definition) is 4. The molecule has 3 rings (SSSR count). The van der Waals surface area contributed by atoms with E-state index in [1.165, 1.54) is 0 Å². The topological polar surface area (TPSA) is 90.5 Å². The van der Waals surface area contributed by atoms with E-state index in [9.17, 15) is 14.4 Å². The molecule has 1 atom stereocenters. The second-order valence-corrected chi connectivity index (χ2v) is 7.45. The van der Waals surface area contributed by atoms with Crippen molar-refractivity contribution in [2.45, 2.75) is 12.5 Å². The fourth-order valence-electron chi connectivity index (χ4n) is 3.13. The van der Waals surface area contributed by atoms with Gasteiger partial charge in [0.1, 0.15) is 0 Å². The predicted octanol–water partition coefficient (Wildman–Crippen LogP) is 3.08. The second kappa shape index (κ2) is 10.8. The summed E-state index contributed by atoms with van der Waals surface area (Å²) in [4.78, 5) is 39.5. The minimum atomic E-state index is -0.558. The first-order chi connectivity index (χ1) is 15.4. The summed E-state index contributed by atoms with van der Waals surface area (Å²) >= 11 is 0. The highest BCUT2D eigenvalue weighted by molar-refractivity contribution is 5.96. The van der Waals surface area contributed by atoms with E-state index in [0.717, 1.165) is 11.3 Å². The van der Waals surface area contributed by atoms with Crippen molar-refractivity contribution in [1.29, 1.82) is 0 Å². The lowest BCUT2D eigenvalue weighted by molar-refractivity contribution is -0.122. The van der Waals surface area contributed by atoms with Crippen LogP contribution in [0, 0.1) is 0 Å². The summed E-state index contributed by atoms with van der Waals surface area (Å²) in [5.74, 6) is -1.13. The van der Waals surface area contributed by atoms with Gasteiger partial charge in [-0.1, -0.05) is 54.6 Å². The van der Waals surface area contributed by atoms with Crippen molar-refractivity contribution < 1.29 is 14.4 Å². The Morgan fingerprint density at radius 3 is 2.03 bits per heavy atom. The smallest absolute Gasteiger partial charge is 0.269 e. The van der Waals surface area contributed by atoms with E-state index < -0.39 is 17.9 Å². The van der Waals surface area contributed by atoms with Crippen LogP contribution < -0.4 is 21.1 Å². The molecular formula is C25H26N4O3. The van der Waals surface area contributed by atoms with Crippen LogP contribution in [0.3, 0.4) is 0 Å². The molecule has 0 saturated carbocycles. The lowest BCUT2D eigenvalue weighted by Gasteiger charge is -2.19. The van der Waals surface area contributed by atoms with Gasteiger partial charge in [-0.05, 0) is 35.9 Å². The molecule has 0 bridgehead atoms. The summed E-state index contributed by atoms with van der Waals surface area (Å²) < 4.78 is 0. The molecular weight excluding hydrogens is 404 g/mol. The molecule has 0 saturated heterocycles. The highest BCUT2D eigenvalue weighted by Gasteiger charge is 2.19. The molecule has 0 fully saturated rings. The minimum Gasteiger partial charge on any atom is -0.378 e. The van der Waals surface area contributed by atoms with Gasteiger partial charge in [0.2, 0.25) is 5.91 Å². The van der Waals surface area contributed by atoms with Crippen LogP contribution >= 0.6 is 0 Å². The molecule has 0 aromatic heterocycles. The maximum Gasteiger partial charge on any atom is 0.269 e. The summed E-state index contributed by atoms with van der Waals surface area (Å²) in [6, 6.07) is 24.5. The van der Waals surface area contributed by atoms with E-state index in [1.54, 1.807) is 42.5 Å². The van der Waals surface area contributed by atoms with Crippen LogP contribution in [0.4, 0.5) is 5.69 Å². The number of carbonyl (C=O) groups excluding carboxylic acids is 3. The third-order valence-electron chi connectivity index (χ3n) is 4.87. The molecule has 164 valence electrons. The van der Waals surface area contributed by atoms with Gasteiger partial charge in [0, 0.05) is 30.9 Å². The third kappa shape index (κ3) is 6.18. The lowest BCUT2D eigenvalue weighted by atomic mass is 10.0. The average Bonchev–Trinajstić information content (AvgIpc) is 2.83. The molecule has 3 aromatic rings. The fraction of sp³-hybridized carbons (Fsp3) is 0.160. The monoisotopic (exact) mass is 430 g/mol. The highest BCUT2D eigenvalue weighted by atomic mass is 16.2. The van der Waals surface area contributed by atoms with Gasteiger partial charge < -0.3 is 10.2 Å². The van der Waals surface area contributed by atoms with Crippen LogP contribution in [-0.4, -0.2) is 31.8 Å². The molecule has 1 unspecified atom stereocenters. The molecule has 3 N–H and O–H groups in total. The Morgan fingerprint density at radius 1 is 0.750 bits per heavy atom. The third-order valence-corrected chi connectivity index (χ3v) is 4.87. The van der Waals surface area contributed by atoms with Crippen LogP contribution in [0.5, 0.6) is 0 Å². The maximum atomic E-state index is 12.6. The van der Waals surface area contributed by atoms with E-state index in [1.807, 2.05) is 61.5 Å². The van der Waals surface area contributed by atoms with Crippen molar-refractivity contribution >= 4 is 23.4 Å². The molecule has 7 nitrogen and oxygen atoms in total. The van der Waals surface area contributed by atoms with Crippen molar-refractivity contribution in [3.63, 3.8) is 0 Å². The molecule has 0 radical (unpaired) electrons. The standard InChI is InChI=1S/C25H26N4O3/c1-29(2)21-15-9-14-20(16-21)25(32)28-27-23(30)17-22(18-10-5-3-6-11-18)26-24(31)19-12-7-4-8-13-19/h3-16,22H,17H2,1-2H3,(H,26,31)(H,27,30)(H,28,32). The number of hydrogen-bond donors (Lipinski definition) is 3. The molecule has 0 aliphatic rings. The summed E-state index contributed by atoms with van der Waals surface area (Å²) in [5.41, 5.74) is 7.46. The molecule has 3 aromatic carbocycles. The molecule has 0 spiro atoms. The number of rotatable bonds is 7. The van der Waals surface area contributed by atoms with Crippen LogP contribution in [0.15, 0.2) is 84.9 Å². The predicted molar refractivity (Wildman–Crippen MR) is 124 cm³/mol. The Hall–Kier alpha value is -4.13. The first-order valence-corrected chi connectivity index (χ1v) is 10.2. The zero-order valence-electron chi connectivity index (χ0n) is 18.0. The van der Waals surface area contributed by atoms with Crippen molar-refractivity contribution in [1.82, 2.24) is 16.2 Å². The Kier molecular flexibility index (Phi) is 7.59. The average molecular weight is 431 g/mol. The van der Waals surface area contributed by atoms with E-state index in [0.29, 0.717) is 11.1 Å². The Morgan fingerprint density at radius 2 is 1.38 bits per heavy atom. The lowest BCUT2D eigenvalue weighted by Crippen LogP contribution is -2.43. The van der Waals surface area contributed by atoms with Gasteiger partial charge in [-0.2, -0.15) is 0 Å². The minimum absolute atomic E-state index is 0.0411. The summed E-state index contributed by atoms with van der Waals surface area (Å²) in [7, 11) is 3.76. The fourth-order valence-corrected chi connectivity index (χ4v) is 3.13. The normalized spacial score (nSPS) is 11.2. The van der Waals surface area contributed by atoms with Crippen molar-refractivity contribution in [2.75, 3.05) is 19.0 Å². The first kappa shape index (κ1) is 22.6. The van der Waals surface area contributed by atoms with Gasteiger partial charge in [0.05, 0.1) is 12.5 Å². The Balaban J connectivity index is 1.64. The number of carbonyl (C=O) groups is 3. The number of nitrogens with zero attached hydrogens (tertiary/aromatic N) is 1. The second-order valence-electron chi connectivity index (χ2n) is 7.45. The summed E-state index contributed by atoms with van der Waals surface area (Å²) in [6.07, 6.45) is -0.0411. The molecule has 32 heavy (non-hydrogen) atoms. The maximum absolute atomic E-state index is 12.6. The SMILES string of the molecule is CN(C)c1cccc(C(=O)NNC(=O)CC(NC(=O)c2ccccc2)c2ccccc2)c1. The molecule has 0 aliphatic carbocycles. The van der Waals surface area contributed by atoms with Crippen LogP contribution in [0.1, 0.15) is 38.7 Å². The quantitative estimate of drug-likeness (QED) is 0.503. The van der Waals surface area contributed by atoms with Crippen LogP contribution in [0.2, 0.25) is 0 Å². The van der Waals surface area contributed by atoms with Gasteiger partial charge in [-0.3, -0.25) is 25.2 Å². The molecule has 0 heterocycles. The van der Waals surface area contributed by atoms with Crippen molar-refractivity contribution in [3.05, 3.63) is 102 Å². The number of anilines is 1. The number of nitrogens with one attached hydrogen (secondary N) is 3. The van der Waals surface area contributed by atoms with Gasteiger partial charge >= 0.3 is 0 Å². The van der Waals surface area contributed by atoms with E-state index in [-0.39, 0.29) is 12.3 Å². The van der Waals surface area contributed by atoms with E-state index in [4.69, 9.17) is 0 Å². The van der Waals surface area contributed by atoms with Gasteiger partial charge in [0.15, 0.2) is 0 Å². The molecule has 3 amide bonds. The summed E-state index contributed by atoms with van der Waals surface area (Å²) in [5, 5.41) is 2.90. The number of hydrazine groups is 1. The molecule has 0 aliphatic heterocycles. The molecule has 7 heteroatoms. The van der Waals surface area contributed by atoms with Crippen molar-refractivity contribution in [3.8, 4) is 0 Å². The van der Waals surface area contributed by atoms with Crippen molar-refractivity contribution in [2.24, 2.45) is 0 Å². The first-order valence-electron chi connectivity index (χ1n) is 10.2.